The van der Waals surface area contributed by atoms with Crippen molar-refractivity contribution >= 4 is 5.97 Å². The van der Waals surface area contributed by atoms with E-state index < -0.39 is 0 Å². The molecule has 1 fully saturated rings. The molecule has 0 saturated heterocycles. The largest absolute Gasteiger partial charge is 0.508 e. The number of phenolic OH excluding ortho intramolecular Hbond substituents is 1. The van der Waals surface area contributed by atoms with Crippen LogP contribution in [0.25, 0.3) is 0 Å². The number of ether oxygens (including phenoxy) is 1. The molecule has 0 aromatic heterocycles. The molecule has 0 amide bonds. The zero-order valence-electron chi connectivity index (χ0n) is 9.89. The van der Waals surface area contributed by atoms with Crippen molar-refractivity contribution < 1.29 is 14.6 Å². The molecule has 1 aliphatic carbocycles. The van der Waals surface area contributed by atoms with E-state index in [4.69, 9.17) is 9.84 Å². The first-order chi connectivity index (χ1) is 8.25. The van der Waals surface area contributed by atoms with E-state index in [2.05, 4.69) is 0 Å². The summed E-state index contributed by atoms with van der Waals surface area (Å²) in [7, 11) is 0. The van der Waals surface area contributed by atoms with Crippen LogP contribution >= 0.6 is 0 Å². The second-order valence-electron chi connectivity index (χ2n) is 4.65. The lowest BCUT2D eigenvalue weighted by Gasteiger charge is -2.20. The molecule has 1 N–H and O–H groups in total. The first kappa shape index (κ1) is 12.0. The van der Waals surface area contributed by atoms with Gasteiger partial charge in [-0.05, 0) is 43.0 Å². The molecule has 3 nitrogen and oxygen atoms in total. The van der Waals surface area contributed by atoms with E-state index in [1.165, 1.54) is 44.2 Å². The summed E-state index contributed by atoms with van der Waals surface area (Å²) in [6.45, 7) is 0.527. The van der Waals surface area contributed by atoms with Gasteiger partial charge in [0.25, 0.3) is 0 Å². The van der Waals surface area contributed by atoms with E-state index >= 15 is 0 Å². The summed E-state index contributed by atoms with van der Waals surface area (Å²) in [4.78, 5) is 11.7. The van der Waals surface area contributed by atoms with Gasteiger partial charge < -0.3 is 9.84 Å². The van der Waals surface area contributed by atoms with Crippen molar-refractivity contribution in [2.75, 3.05) is 6.61 Å². The van der Waals surface area contributed by atoms with Crippen molar-refractivity contribution in [3.05, 3.63) is 29.8 Å². The molecule has 1 aromatic rings. The lowest BCUT2D eigenvalue weighted by atomic mass is 9.90. The van der Waals surface area contributed by atoms with Gasteiger partial charge in [0.05, 0.1) is 12.2 Å². The average Bonchev–Trinajstić information content (AvgIpc) is 2.38. The Balaban J connectivity index is 1.82. The van der Waals surface area contributed by atoms with Crippen LogP contribution in [0.15, 0.2) is 24.3 Å². The summed E-state index contributed by atoms with van der Waals surface area (Å²) >= 11 is 0. The van der Waals surface area contributed by atoms with Crippen molar-refractivity contribution in [2.45, 2.75) is 32.1 Å². The molecule has 0 unspecified atom stereocenters. The molecule has 0 atom stereocenters. The number of phenols is 1. The lowest BCUT2D eigenvalue weighted by Crippen LogP contribution is -2.16. The van der Waals surface area contributed by atoms with Crippen LogP contribution in [0, 0.1) is 5.92 Å². The van der Waals surface area contributed by atoms with Crippen molar-refractivity contribution in [1.82, 2.24) is 0 Å². The summed E-state index contributed by atoms with van der Waals surface area (Å²) in [5, 5.41) is 9.12. The maximum atomic E-state index is 11.7. The molecule has 3 heteroatoms. The number of esters is 1. The highest BCUT2D eigenvalue weighted by molar-refractivity contribution is 5.89. The minimum absolute atomic E-state index is 0.161. The molecule has 0 bridgehead atoms. The number of carbonyl (C=O) groups is 1. The Morgan fingerprint density at radius 2 is 1.82 bits per heavy atom. The van der Waals surface area contributed by atoms with Crippen LogP contribution in [0.4, 0.5) is 0 Å². The minimum atomic E-state index is -0.296. The summed E-state index contributed by atoms with van der Waals surface area (Å²) < 4.78 is 5.29. The fraction of sp³-hybridized carbons (Fsp3) is 0.500. The summed E-state index contributed by atoms with van der Waals surface area (Å²) in [6, 6.07) is 6.16. The van der Waals surface area contributed by atoms with E-state index in [1.807, 2.05) is 0 Å². The number of carbonyl (C=O) groups excluding carboxylic acids is 1. The first-order valence-electron chi connectivity index (χ1n) is 6.22. The fourth-order valence-corrected chi connectivity index (χ4v) is 2.23. The second kappa shape index (κ2) is 5.71. The van der Waals surface area contributed by atoms with Crippen LogP contribution in [-0.4, -0.2) is 17.7 Å². The Morgan fingerprint density at radius 3 is 2.47 bits per heavy atom. The van der Waals surface area contributed by atoms with Crippen molar-refractivity contribution in [1.29, 1.82) is 0 Å². The van der Waals surface area contributed by atoms with Gasteiger partial charge in [-0.25, -0.2) is 4.79 Å². The van der Waals surface area contributed by atoms with Crippen molar-refractivity contribution in [3.8, 4) is 5.75 Å². The highest BCUT2D eigenvalue weighted by Crippen LogP contribution is 2.24. The Morgan fingerprint density at radius 1 is 1.18 bits per heavy atom. The van der Waals surface area contributed by atoms with E-state index in [-0.39, 0.29) is 11.7 Å². The normalized spacial score (nSPS) is 16.7. The molecule has 1 aliphatic rings. The van der Waals surface area contributed by atoms with E-state index in [0.29, 0.717) is 18.1 Å². The minimum Gasteiger partial charge on any atom is -0.508 e. The molecule has 92 valence electrons. The van der Waals surface area contributed by atoms with E-state index in [1.54, 1.807) is 12.1 Å². The average molecular weight is 234 g/mol. The highest BCUT2D eigenvalue weighted by Gasteiger charge is 2.16. The van der Waals surface area contributed by atoms with Gasteiger partial charge in [-0.3, -0.25) is 0 Å². The van der Waals surface area contributed by atoms with Gasteiger partial charge in [0.15, 0.2) is 0 Å². The molecular weight excluding hydrogens is 216 g/mol. The van der Waals surface area contributed by atoms with Crippen LogP contribution in [0.3, 0.4) is 0 Å². The Hall–Kier alpha value is -1.51. The fourth-order valence-electron chi connectivity index (χ4n) is 2.23. The first-order valence-corrected chi connectivity index (χ1v) is 6.22. The highest BCUT2D eigenvalue weighted by atomic mass is 16.5. The predicted octanol–water partition coefficient (Wildman–Crippen LogP) is 3.13. The monoisotopic (exact) mass is 234 g/mol. The SMILES string of the molecule is O=C(OCC1CCCCC1)c1ccc(O)cc1. The number of benzene rings is 1. The lowest BCUT2D eigenvalue weighted by molar-refractivity contribution is 0.0410. The summed E-state index contributed by atoms with van der Waals surface area (Å²) in [5.74, 6) is 0.397. The molecule has 0 aliphatic heterocycles. The molecule has 17 heavy (non-hydrogen) atoms. The van der Waals surface area contributed by atoms with Crippen LogP contribution in [-0.2, 0) is 4.74 Å². The maximum Gasteiger partial charge on any atom is 0.338 e. The molecule has 1 saturated carbocycles. The molecule has 0 spiro atoms. The van der Waals surface area contributed by atoms with Crippen LogP contribution in [0.2, 0.25) is 0 Å². The third-order valence-electron chi connectivity index (χ3n) is 3.28. The molecule has 0 heterocycles. The number of aromatic hydroxyl groups is 1. The van der Waals surface area contributed by atoms with Gasteiger partial charge >= 0.3 is 5.97 Å². The summed E-state index contributed by atoms with van der Waals surface area (Å²) in [6.07, 6.45) is 6.15. The molecule has 2 rings (SSSR count). The van der Waals surface area contributed by atoms with Gasteiger partial charge in [-0.2, -0.15) is 0 Å². The van der Waals surface area contributed by atoms with Crippen LogP contribution < -0.4 is 0 Å². The number of hydrogen-bond acceptors (Lipinski definition) is 3. The molecular formula is C14H18O3. The quantitative estimate of drug-likeness (QED) is 0.817. The topological polar surface area (TPSA) is 46.5 Å². The predicted molar refractivity (Wildman–Crippen MR) is 65.0 cm³/mol. The smallest absolute Gasteiger partial charge is 0.338 e. The molecule has 0 radical (unpaired) electrons. The van der Waals surface area contributed by atoms with Crippen molar-refractivity contribution in [3.63, 3.8) is 0 Å². The Kier molecular flexibility index (Phi) is 4.02. The maximum absolute atomic E-state index is 11.7. The van der Waals surface area contributed by atoms with Gasteiger partial charge in [-0.1, -0.05) is 19.3 Å². The number of rotatable bonds is 3. The zero-order valence-corrected chi connectivity index (χ0v) is 9.89. The third-order valence-corrected chi connectivity index (χ3v) is 3.28. The summed E-state index contributed by atoms with van der Waals surface area (Å²) in [5.41, 5.74) is 0.499. The van der Waals surface area contributed by atoms with E-state index in [0.717, 1.165) is 0 Å². The van der Waals surface area contributed by atoms with E-state index in [9.17, 15) is 4.79 Å². The number of hydrogen-bond donors (Lipinski definition) is 1. The zero-order chi connectivity index (χ0) is 12.1. The Bertz CT molecular complexity index is 364. The standard InChI is InChI=1S/C14H18O3/c15-13-8-6-12(7-9-13)14(16)17-10-11-4-2-1-3-5-11/h6-9,11,15H,1-5,10H2. The van der Waals surface area contributed by atoms with Gasteiger partial charge in [0, 0.05) is 0 Å². The van der Waals surface area contributed by atoms with Crippen molar-refractivity contribution in [2.24, 2.45) is 5.92 Å². The van der Waals surface area contributed by atoms with Gasteiger partial charge in [0.2, 0.25) is 0 Å². The van der Waals surface area contributed by atoms with Crippen LogP contribution in [0.5, 0.6) is 5.75 Å². The molecule has 1 aromatic carbocycles. The third kappa shape index (κ3) is 3.48. The van der Waals surface area contributed by atoms with Gasteiger partial charge in [-0.15, -0.1) is 0 Å². The van der Waals surface area contributed by atoms with Gasteiger partial charge in [0.1, 0.15) is 5.75 Å². The van der Waals surface area contributed by atoms with Crippen LogP contribution in [0.1, 0.15) is 42.5 Å². The second-order valence-corrected chi connectivity index (χ2v) is 4.65. The Labute approximate surface area is 101 Å².